The molecule has 0 spiro atoms. The second-order valence-corrected chi connectivity index (χ2v) is 4.78. The van der Waals surface area contributed by atoms with E-state index in [1.165, 1.54) is 0 Å². The summed E-state index contributed by atoms with van der Waals surface area (Å²) < 4.78 is 10.7. The van der Waals surface area contributed by atoms with Crippen molar-refractivity contribution in [1.29, 1.82) is 0 Å². The zero-order chi connectivity index (χ0) is 16.9. The van der Waals surface area contributed by atoms with E-state index in [4.69, 9.17) is 15.2 Å². The molecule has 4 nitrogen and oxygen atoms in total. The molecule has 0 atom stereocenters. The van der Waals surface area contributed by atoms with Crippen LogP contribution in [-0.2, 0) is 6.54 Å². The highest BCUT2D eigenvalue weighted by Gasteiger charge is 1.97. The van der Waals surface area contributed by atoms with Gasteiger partial charge in [-0.3, -0.25) is 4.79 Å². The molecule has 2 aromatic carbocycles. The Labute approximate surface area is 138 Å². The monoisotopic (exact) mass is 315 g/mol. The van der Waals surface area contributed by atoms with Gasteiger partial charge < -0.3 is 15.2 Å². The molecular formula is C19H25NO3. The number of hydrogen-bond acceptors (Lipinski definition) is 4. The molecule has 2 N–H and O–H groups in total. The van der Waals surface area contributed by atoms with Gasteiger partial charge in [-0.25, -0.2) is 0 Å². The molecule has 0 bridgehead atoms. The first-order valence-corrected chi connectivity index (χ1v) is 7.83. The van der Waals surface area contributed by atoms with Gasteiger partial charge in [0.05, 0.1) is 13.2 Å². The van der Waals surface area contributed by atoms with E-state index in [0.717, 1.165) is 36.4 Å². The van der Waals surface area contributed by atoms with Crippen LogP contribution in [0.2, 0.25) is 0 Å². The van der Waals surface area contributed by atoms with Gasteiger partial charge in [0.2, 0.25) is 0 Å². The minimum atomic E-state index is 0.538. The van der Waals surface area contributed by atoms with Crippen LogP contribution in [0.25, 0.3) is 0 Å². The first kappa shape index (κ1) is 18.7. The smallest absolute Gasteiger partial charge is 0.150 e. The number of hydrogen-bond donors (Lipinski definition) is 1. The molecule has 4 heteroatoms. The maximum absolute atomic E-state index is 10.3. The van der Waals surface area contributed by atoms with E-state index in [1.54, 1.807) is 24.3 Å². The molecule has 124 valence electrons. The Morgan fingerprint density at radius 1 is 1.00 bits per heavy atom. The van der Waals surface area contributed by atoms with Crippen molar-refractivity contribution in [1.82, 2.24) is 0 Å². The fourth-order valence-corrected chi connectivity index (χ4v) is 1.83. The predicted octanol–water partition coefficient (Wildman–Crippen LogP) is 3.83. The van der Waals surface area contributed by atoms with Crippen molar-refractivity contribution < 1.29 is 14.3 Å². The first-order chi connectivity index (χ1) is 11.2. The van der Waals surface area contributed by atoms with Gasteiger partial charge in [0.1, 0.15) is 17.8 Å². The average Bonchev–Trinajstić information content (AvgIpc) is 2.61. The molecule has 23 heavy (non-hydrogen) atoms. The summed E-state index contributed by atoms with van der Waals surface area (Å²) in [6.45, 7) is 5.97. The fraction of sp³-hybridized carbons (Fsp3) is 0.316. The number of para-hydroxylation sites is 1. The number of ether oxygens (including phenoxy) is 2. The van der Waals surface area contributed by atoms with Crippen molar-refractivity contribution in [2.45, 2.75) is 26.8 Å². The highest BCUT2D eigenvalue weighted by atomic mass is 16.5. The third kappa shape index (κ3) is 6.98. The van der Waals surface area contributed by atoms with Gasteiger partial charge in [-0.05, 0) is 43.7 Å². The van der Waals surface area contributed by atoms with Crippen molar-refractivity contribution in [3.63, 3.8) is 0 Å². The summed E-state index contributed by atoms with van der Waals surface area (Å²) in [6, 6.07) is 14.9. The van der Waals surface area contributed by atoms with Crippen LogP contribution in [0.3, 0.4) is 0 Å². The minimum absolute atomic E-state index is 0.538. The van der Waals surface area contributed by atoms with E-state index >= 15 is 0 Å². The van der Waals surface area contributed by atoms with Crippen LogP contribution in [0, 0.1) is 0 Å². The van der Waals surface area contributed by atoms with Crippen LogP contribution in [0.15, 0.2) is 48.5 Å². The van der Waals surface area contributed by atoms with Crippen LogP contribution in [0.5, 0.6) is 11.5 Å². The second kappa shape index (κ2) is 11.3. The summed E-state index contributed by atoms with van der Waals surface area (Å²) in [5.74, 6) is 1.72. The van der Waals surface area contributed by atoms with Crippen LogP contribution >= 0.6 is 0 Å². The lowest BCUT2D eigenvalue weighted by Gasteiger charge is -2.06. The largest absolute Gasteiger partial charge is 0.494 e. The topological polar surface area (TPSA) is 61.5 Å². The van der Waals surface area contributed by atoms with E-state index in [2.05, 4.69) is 6.92 Å². The van der Waals surface area contributed by atoms with E-state index in [1.807, 2.05) is 31.2 Å². The molecule has 2 rings (SSSR count). The van der Waals surface area contributed by atoms with Gasteiger partial charge >= 0.3 is 0 Å². The Bertz CT molecular complexity index is 567. The fourth-order valence-electron chi connectivity index (χ4n) is 1.83. The summed E-state index contributed by atoms with van der Waals surface area (Å²) in [5, 5.41) is 0. The van der Waals surface area contributed by atoms with Crippen molar-refractivity contribution >= 4 is 6.29 Å². The maximum atomic E-state index is 10.3. The van der Waals surface area contributed by atoms with Gasteiger partial charge in [-0.15, -0.1) is 0 Å². The summed E-state index contributed by atoms with van der Waals surface area (Å²) in [5.41, 5.74) is 7.24. The SMILES string of the molecule is CCCOc1ccc(C=O)cc1.CCOc1ccccc1CN. The Balaban J connectivity index is 0.000000231. The van der Waals surface area contributed by atoms with Gasteiger partial charge in [0.15, 0.2) is 0 Å². The Morgan fingerprint density at radius 2 is 1.70 bits per heavy atom. The van der Waals surface area contributed by atoms with Crippen LogP contribution in [-0.4, -0.2) is 19.5 Å². The number of carbonyl (C=O) groups is 1. The van der Waals surface area contributed by atoms with E-state index in [0.29, 0.717) is 18.7 Å². The summed E-state index contributed by atoms with van der Waals surface area (Å²) in [7, 11) is 0. The third-order valence-corrected chi connectivity index (χ3v) is 2.98. The Kier molecular flexibility index (Phi) is 9.17. The zero-order valence-electron chi connectivity index (χ0n) is 13.8. The minimum Gasteiger partial charge on any atom is -0.494 e. The summed E-state index contributed by atoms with van der Waals surface area (Å²) >= 11 is 0. The maximum Gasteiger partial charge on any atom is 0.150 e. The quantitative estimate of drug-likeness (QED) is 0.789. The molecule has 0 saturated heterocycles. The second-order valence-electron chi connectivity index (χ2n) is 4.78. The normalized spacial score (nSPS) is 9.52. The molecule has 2 aromatic rings. The van der Waals surface area contributed by atoms with Crippen LogP contribution in [0.1, 0.15) is 36.2 Å². The number of aldehydes is 1. The molecule has 0 unspecified atom stereocenters. The summed E-state index contributed by atoms with van der Waals surface area (Å²) in [6.07, 6.45) is 1.82. The Morgan fingerprint density at radius 3 is 2.26 bits per heavy atom. The number of benzene rings is 2. The molecule has 0 aromatic heterocycles. The van der Waals surface area contributed by atoms with Crippen LogP contribution < -0.4 is 15.2 Å². The van der Waals surface area contributed by atoms with Crippen molar-refractivity contribution in [2.75, 3.05) is 13.2 Å². The highest BCUT2D eigenvalue weighted by molar-refractivity contribution is 5.74. The average molecular weight is 315 g/mol. The predicted molar refractivity (Wildman–Crippen MR) is 93.1 cm³/mol. The van der Waals surface area contributed by atoms with E-state index in [-0.39, 0.29) is 0 Å². The molecule has 0 amide bonds. The number of carbonyl (C=O) groups excluding carboxylic acids is 1. The molecule has 0 saturated carbocycles. The van der Waals surface area contributed by atoms with E-state index in [9.17, 15) is 4.79 Å². The lowest BCUT2D eigenvalue weighted by atomic mass is 10.2. The molecule has 0 aliphatic heterocycles. The zero-order valence-corrected chi connectivity index (χ0v) is 13.8. The van der Waals surface area contributed by atoms with Gasteiger partial charge in [-0.1, -0.05) is 25.1 Å². The molecular weight excluding hydrogens is 290 g/mol. The first-order valence-electron chi connectivity index (χ1n) is 7.83. The lowest BCUT2D eigenvalue weighted by molar-refractivity contribution is 0.112. The van der Waals surface area contributed by atoms with Crippen LogP contribution in [0.4, 0.5) is 0 Å². The third-order valence-electron chi connectivity index (χ3n) is 2.98. The standard InChI is InChI=1S/C10H12O2.C9H13NO/c1-2-7-12-10-5-3-9(8-11)4-6-10;1-2-11-9-6-4-3-5-8(9)7-10/h3-6,8H,2,7H2,1H3;3-6H,2,7,10H2,1H3. The Hall–Kier alpha value is -2.33. The van der Waals surface area contributed by atoms with Crippen molar-refractivity contribution in [3.8, 4) is 11.5 Å². The lowest BCUT2D eigenvalue weighted by Crippen LogP contribution is -2.01. The van der Waals surface area contributed by atoms with Gasteiger partial charge in [0.25, 0.3) is 0 Å². The van der Waals surface area contributed by atoms with Crippen molar-refractivity contribution in [3.05, 3.63) is 59.7 Å². The van der Waals surface area contributed by atoms with Gasteiger partial charge in [-0.2, -0.15) is 0 Å². The van der Waals surface area contributed by atoms with Gasteiger partial charge in [0, 0.05) is 17.7 Å². The molecule has 0 aliphatic carbocycles. The number of nitrogens with two attached hydrogens (primary N) is 1. The molecule has 0 aliphatic rings. The number of rotatable bonds is 7. The summed E-state index contributed by atoms with van der Waals surface area (Å²) in [4.78, 5) is 10.3. The van der Waals surface area contributed by atoms with Crippen molar-refractivity contribution in [2.24, 2.45) is 5.73 Å². The molecule has 0 radical (unpaired) electrons. The van der Waals surface area contributed by atoms with E-state index < -0.39 is 0 Å². The highest BCUT2D eigenvalue weighted by Crippen LogP contribution is 2.16. The molecule has 0 fully saturated rings. The molecule has 0 heterocycles.